The van der Waals surface area contributed by atoms with Crippen LogP contribution in [0, 0.1) is 17.0 Å². The average Bonchev–Trinajstić information content (AvgIpc) is 2.96. The predicted octanol–water partition coefficient (Wildman–Crippen LogP) is 2.12. The Balaban J connectivity index is 2.14. The monoisotopic (exact) mass is 291 g/mol. The molecule has 1 aromatic carbocycles. The van der Waals surface area contributed by atoms with Gasteiger partial charge in [0.05, 0.1) is 4.92 Å². The van der Waals surface area contributed by atoms with Crippen molar-refractivity contribution in [1.29, 1.82) is 0 Å². The number of nitro groups is 1. The van der Waals surface area contributed by atoms with Crippen LogP contribution in [-0.4, -0.2) is 41.4 Å². The van der Waals surface area contributed by atoms with E-state index in [1.807, 2.05) is 6.92 Å². The van der Waals surface area contributed by atoms with Crippen LogP contribution in [0.1, 0.15) is 35.7 Å². The molecule has 1 aliphatic heterocycles. The van der Waals surface area contributed by atoms with Crippen molar-refractivity contribution >= 4 is 11.6 Å². The van der Waals surface area contributed by atoms with E-state index in [9.17, 15) is 14.9 Å². The SMILES string of the molecule is CCN(CC1CCCN1)C(=O)c1ccc([N+](=O)[O-])cc1C. The van der Waals surface area contributed by atoms with Gasteiger partial charge in [-0.05, 0) is 44.9 Å². The topological polar surface area (TPSA) is 75.5 Å². The van der Waals surface area contributed by atoms with Crippen LogP contribution < -0.4 is 5.32 Å². The number of nitrogens with zero attached hydrogens (tertiary/aromatic N) is 2. The molecule has 0 radical (unpaired) electrons. The number of nitro benzene ring substituents is 1. The number of amides is 1. The lowest BCUT2D eigenvalue weighted by atomic mass is 10.1. The summed E-state index contributed by atoms with van der Waals surface area (Å²) in [6.45, 7) is 6.02. The summed E-state index contributed by atoms with van der Waals surface area (Å²) in [6.07, 6.45) is 2.23. The first kappa shape index (κ1) is 15.4. The number of carbonyl (C=O) groups is 1. The van der Waals surface area contributed by atoms with Gasteiger partial charge in [-0.15, -0.1) is 0 Å². The zero-order chi connectivity index (χ0) is 15.4. The summed E-state index contributed by atoms with van der Waals surface area (Å²) in [6, 6.07) is 4.75. The molecule has 6 nitrogen and oxygen atoms in total. The minimum atomic E-state index is -0.443. The molecule has 1 atom stereocenters. The largest absolute Gasteiger partial charge is 0.337 e. The maximum absolute atomic E-state index is 12.6. The molecule has 0 bridgehead atoms. The number of likely N-dealkylation sites (N-methyl/N-ethyl adjacent to an activating group) is 1. The molecule has 21 heavy (non-hydrogen) atoms. The highest BCUT2D eigenvalue weighted by atomic mass is 16.6. The van der Waals surface area contributed by atoms with Gasteiger partial charge in [-0.3, -0.25) is 14.9 Å². The molecule has 6 heteroatoms. The maximum Gasteiger partial charge on any atom is 0.269 e. The first-order chi connectivity index (χ1) is 10.0. The lowest BCUT2D eigenvalue weighted by molar-refractivity contribution is -0.384. The van der Waals surface area contributed by atoms with Crippen molar-refractivity contribution < 1.29 is 9.72 Å². The van der Waals surface area contributed by atoms with Crippen LogP contribution in [0.5, 0.6) is 0 Å². The molecule has 114 valence electrons. The Morgan fingerprint density at radius 1 is 1.52 bits per heavy atom. The third-order valence-electron chi connectivity index (χ3n) is 3.92. The van der Waals surface area contributed by atoms with Crippen molar-refractivity contribution in [2.24, 2.45) is 0 Å². The standard InChI is InChI=1S/C15H21N3O3/c1-3-17(10-12-5-4-8-16-12)15(19)14-7-6-13(18(20)21)9-11(14)2/h6-7,9,12,16H,3-5,8,10H2,1-2H3. The summed E-state index contributed by atoms with van der Waals surface area (Å²) in [5, 5.41) is 14.1. The van der Waals surface area contributed by atoms with Gasteiger partial charge in [0.15, 0.2) is 0 Å². The molecule has 1 unspecified atom stereocenters. The number of rotatable bonds is 5. The Morgan fingerprint density at radius 3 is 2.81 bits per heavy atom. The molecular formula is C15H21N3O3. The Kier molecular flexibility index (Phi) is 4.90. The number of aryl methyl sites for hydroxylation is 1. The summed E-state index contributed by atoms with van der Waals surface area (Å²) < 4.78 is 0. The summed E-state index contributed by atoms with van der Waals surface area (Å²) in [4.78, 5) is 24.7. The number of benzene rings is 1. The Labute approximate surface area is 124 Å². The fourth-order valence-electron chi connectivity index (χ4n) is 2.71. The number of hydrogen-bond donors (Lipinski definition) is 1. The highest BCUT2D eigenvalue weighted by molar-refractivity contribution is 5.96. The van der Waals surface area contributed by atoms with Crippen molar-refractivity contribution in [1.82, 2.24) is 10.2 Å². The molecule has 0 spiro atoms. The molecule has 1 N–H and O–H groups in total. The molecule has 2 rings (SSSR count). The second-order valence-electron chi connectivity index (χ2n) is 5.39. The molecule has 1 heterocycles. The highest BCUT2D eigenvalue weighted by Crippen LogP contribution is 2.19. The second-order valence-corrected chi connectivity index (χ2v) is 5.39. The minimum Gasteiger partial charge on any atom is -0.337 e. The van der Waals surface area contributed by atoms with Crippen molar-refractivity contribution in [2.75, 3.05) is 19.6 Å². The zero-order valence-corrected chi connectivity index (χ0v) is 12.5. The van der Waals surface area contributed by atoms with Gasteiger partial charge in [0, 0.05) is 36.8 Å². The van der Waals surface area contributed by atoms with Gasteiger partial charge in [0.2, 0.25) is 0 Å². The van der Waals surface area contributed by atoms with Crippen LogP contribution in [0.3, 0.4) is 0 Å². The van der Waals surface area contributed by atoms with E-state index < -0.39 is 4.92 Å². The molecule has 0 saturated carbocycles. The van der Waals surface area contributed by atoms with Gasteiger partial charge in [-0.1, -0.05) is 0 Å². The molecule has 1 saturated heterocycles. The van der Waals surface area contributed by atoms with Gasteiger partial charge in [-0.2, -0.15) is 0 Å². The Bertz CT molecular complexity index is 539. The second kappa shape index (κ2) is 6.67. The van der Waals surface area contributed by atoms with Crippen LogP contribution in [0.15, 0.2) is 18.2 Å². The molecular weight excluding hydrogens is 270 g/mol. The van der Waals surface area contributed by atoms with Crippen LogP contribution in [0.4, 0.5) is 5.69 Å². The fourth-order valence-corrected chi connectivity index (χ4v) is 2.71. The van der Waals surface area contributed by atoms with Crippen LogP contribution >= 0.6 is 0 Å². The normalized spacial score (nSPS) is 17.7. The number of carbonyl (C=O) groups excluding carboxylic acids is 1. The fraction of sp³-hybridized carbons (Fsp3) is 0.533. The number of non-ortho nitro benzene ring substituents is 1. The molecule has 1 aliphatic rings. The third-order valence-corrected chi connectivity index (χ3v) is 3.92. The smallest absolute Gasteiger partial charge is 0.269 e. The van der Waals surface area contributed by atoms with Crippen molar-refractivity contribution in [2.45, 2.75) is 32.7 Å². The van der Waals surface area contributed by atoms with Crippen molar-refractivity contribution in [3.05, 3.63) is 39.4 Å². The highest BCUT2D eigenvalue weighted by Gasteiger charge is 2.23. The van der Waals surface area contributed by atoms with Gasteiger partial charge >= 0.3 is 0 Å². The van der Waals surface area contributed by atoms with Crippen LogP contribution in [-0.2, 0) is 0 Å². The first-order valence-electron chi connectivity index (χ1n) is 7.30. The van der Waals surface area contributed by atoms with E-state index in [0.717, 1.165) is 19.4 Å². The quantitative estimate of drug-likeness (QED) is 0.666. The number of hydrogen-bond acceptors (Lipinski definition) is 4. The summed E-state index contributed by atoms with van der Waals surface area (Å²) in [7, 11) is 0. The maximum atomic E-state index is 12.6. The molecule has 0 aromatic heterocycles. The van der Waals surface area contributed by atoms with E-state index in [-0.39, 0.29) is 11.6 Å². The van der Waals surface area contributed by atoms with Gasteiger partial charge < -0.3 is 10.2 Å². The van der Waals surface area contributed by atoms with Crippen molar-refractivity contribution in [3.63, 3.8) is 0 Å². The molecule has 1 aromatic rings. The third kappa shape index (κ3) is 3.58. The Hall–Kier alpha value is -1.95. The van der Waals surface area contributed by atoms with Crippen LogP contribution in [0.2, 0.25) is 0 Å². The van der Waals surface area contributed by atoms with Gasteiger partial charge in [0.25, 0.3) is 11.6 Å². The van der Waals surface area contributed by atoms with Gasteiger partial charge in [-0.25, -0.2) is 0 Å². The summed E-state index contributed by atoms with van der Waals surface area (Å²) in [5.74, 6) is -0.0569. The first-order valence-corrected chi connectivity index (χ1v) is 7.30. The number of nitrogens with one attached hydrogen (secondary N) is 1. The van der Waals surface area contributed by atoms with E-state index in [2.05, 4.69) is 5.32 Å². The summed E-state index contributed by atoms with van der Waals surface area (Å²) >= 11 is 0. The lowest BCUT2D eigenvalue weighted by Crippen LogP contribution is -2.41. The van der Waals surface area contributed by atoms with E-state index in [1.54, 1.807) is 17.9 Å². The van der Waals surface area contributed by atoms with E-state index in [0.29, 0.717) is 30.3 Å². The van der Waals surface area contributed by atoms with E-state index in [4.69, 9.17) is 0 Å². The molecule has 0 aliphatic carbocycles. The van der Waals surface area contributed by atoms with E-state index >= 15 is 0 Å². The molecule has 1 amide bonds. The minimum absolute atomic E-state index is 0.0181. The van der Waals surface area contributed by atoms with Gasteiger partial charge in [0.1, 0.15) is 0 Å². The predicted molar refractivity (Wildman–Crippen MR) is 80.4 cm³/mol. The van der Waals surface area contributed by atoms with E-state index in [1.165, 1.54) is 12.1 Å². The lowest BCUT2D eigenvalue weighted by Gasteiger charge is -2.25. The molecule has 1 fully saturated rings. The Morgan fingerprint density at radius 2 is 2.29 bits per heavy atom. The van der Waals surface area contributed by atoms with Crippen LogP contribution in [0.25, 0.3) is 0 Å². The summed E-state index contributed by atoms with van der Waals surface area (Å²) in [5.41, 5.74) is 1.21. The zero-order valence-electron chi connectivity index (χ0n) is 12.5. The van der Waals surface area contributed by atoms with Crippen molar-refractivity contribution in [3.8, 4) is 0 Å². The average molecular weight is 291 g/mol.